The highest BCUT2D eigenvalue weighted by atomic mass is 16.5. The number of hydrogen-bond donors (Lipinski definition) is 2. The highest BCUT2D eigenvalue weighted by Gasteiger charge is 2.10. The summed E-state index contributed by atoms with van der Waals surface area (Å²) in [6.07, 6.45) is 6.76. The van der Waals surface area contributed by atoms with Crippen LogP contribution in [0.15, 0.2) is 30.3 Å². The Bertz CT molecular complexity index is 411. The van der Waals surface area contributed by atoms with Crippen LogP contribution in [-0.2, 0) is 4.74 Å². The molecule has 3 heteroatoms. The van der Waals surface area contributed by atoms with Crippen molar-refractivity contribution in [1.82, 2.24) is 0 Å². The average Bonchev–Trinajstić information content (AvgIpc) is 2.47. The van der Waals surface area contributed by atoms with Gasteiger partial charge in [0.1, 0.15) is 0 Å². The Morgan fingerprint density at radius 1 is 1.37 bits per heavy atom. The first-order valence-electron chi connectivity index (χ1n) is 7.03. The zero-order chi connectivity index (χ0) is 13.5. The first-order valence-corrected chi connectivity index (χ1v) is 7.03. The van der Waals surface area contributed by atoms with E-state index in [4.69, 9.17) is 10.5 Å². The average molecular weight is 261 g/mol. The molecule has 1 unspecified atom stereocenters. The molecule has 0 bridgehead atoms. The molecule has 2 rings (SSSR count). The van der Waals surface area contributed by atoms with Gasteiger partial charge in [-0.3, -0.25) is 0 Å². The Morgan fingerprint density at radius 3 is 2.89 bits per heavy atom. The fourth-order valence-corrected chi connectivity index (χ4v) is 2.35. The van der Waals surface area contributed by atoms with Gasteiger partial charge in [0.15, 0.2) is 0 Å². The number of ether oxygens (including phenoxy) is 1. The topological polar surface area (TPSA) is 55.5 Å². The summed E-state index contributed by atoms with van der Waals surface area (Å²) in [5.74, 6) is 0.617. The quantitative estimate of drug-likeness (QED) is 0.856. The molecule has 1 atom stereocenters. The highest BCUT2D eigenvalue weighted by Crippen LogP contribution is 2.20. The third-order valence-electron chi connectivity index (χ3n) is 3.56. The van der Waals surface area contributed by atoms with E-state index in [0.29, 0.717) is 18.9 Å². The monoisotopic (exact) mass is 261 g/mol. The molecule has 1 aliphatic heterocycles. The molecule has 1 aliphatic rings. The SMILES string of the molecule is NCCC(O)c1cccc(/C=C/C2CCOCC2)c1. The lowest BCUT2D eigenvalue weighted by molar-refractivity contribution is 0.0787. The Labute approximate surface area is 115 Å². The van der Waals surface area contributed by atoms with Gasteiger partial charge in [0.2, 0.25) is 0 Å². The van der Waals surface area contributed by atoms with E-state index in [1.54, 1.807) is 0 Å². The van der Waals surface area contributed by atoms with Crippen molar-refractivity contribution in [2.45, 2.75) is 25.4 Å². The van der Waals surface area contributed by atoms with Crippen molar-refractivity contribution in [3.8, 4) is 0 Å². The summed E-state index contributed by atoms with van der Waals surface area (Å²) in [6, 6.07) is 8.04. The van der Waals surface area contributed by atoms with Crippen LogP contribution in [0.25, 0.3) is 6.08 Å². The summed E-state index contributed by atoms with van der Waals surface area (Å²) in [6.45, 7) is 2.23. The predicted octanol–water partition coefficient (Wildman–Crippen LogP) is 2.51. The third-order valence-corrected chi connectivity index (χ3v) is 3.56. The molecule has 0 spiro atoms. The Kier molecular flexibility index (Phi) is 5.58. The van der Waals surface area contributed by atoms with Crippen molar-refractivity contribution in [3.63, 3.8) is 0 Å². The van der Waals surface area contributed by atoms with E-state index in [9.17, 15) is 5.11 Å². The van der Waals surface area contributed by atoms with Crippen molar-refractivity contribution in [1.29, 1.82) is 0 Å². The number of hydrogen-bond acceptors (Lipinski definition) is 3. The van der Waals surface area contributed by atoms with Crippen molar-refractivity contribution in [2.24, 2.45) is 11.7 Å². The maximum atomic E-state index is 9.94. The number of aliphatic hydroxyl groups is 1. The van der Waals surface area contributed by atoms with Crippen LogP contribution in [0.5, 0.6) is 0 Å². The second-order valence-corrected chi connectivity index (χ2v) is 5.07. The van der Waals surface area contributed by atoms with Crippen LogP contribution in [0.1, 0.15) is 36.5 Å². The van der Waals surface area contributed by atoms with E-state index in [2.05, 4.69) is 18.2 Å². The standard InChI is InChI=1S/C16H23NO2/c17-9-6-16(18)15-3-1-2-14(12-15)5-4-13-7-10-19-11-8-13/h1-5,12-13,16,18H,6-11,17H2/b5-4+. The van der Waals surface area contributed by atoms with Gasteiger partial charge in [0.25, 0.3) is 0 Å². The van der Waals surface area contributed by atoms with Gasteiger partial charge in [-0.05, 0) is 48.9 Å². The second kappa shape index (κ2) is 7.43. The molecule has 104 valence electrons. The molecule has 1 aromatic carbocycles. The summed E-state index contributed by atoms with van der Waals surface area (Å²) in [5, 5.41) is 9.94. The van der Waals surface area contributed by atoms with Crippen LogP contribution in [0.4, 0.5) is 0 Å². The number of benzene rings is 1. The van der Waals surface area contributed by atoms with Crippen LogP contribution in [0, 0.1) is 5.92 Å². The summed E-state index contributed by atoms with van der Waals surface area (Å²) >= 11 is 0. The van der Waals surface area contributed by atoms with Gasteiger partial charge in [0, 0.05) is 13.2 Å². The van der Waals surface area contributed by atoms with Gasteiger partial charge in [-0.1, -0.05) is 30.4 Å². The molecule has 0 aliphatic carbocycles. The maximum absolute atomic E-state index is 9.94. The number of nitrogens with two attached hydrogens (primary N) is 1. The molecular weight excluding hydrogens is 238 g/mol. The minimum atomic E-state index is -0.457. The van der Waals surface area contributed by atoms with Crippen LogP contribution in [-0.4, -0.2) is 24.9 Å². The molecule has 1 fully saturated rings. The maximum Gasteiger partial charge on any atom is 0.0802 e. The summed E-state index contributed by atoms with van der Waals surface area (Å²) in [4.78, 5) is 0. The molecule has 3 N–H and O–H groups in total. The second-order valence-electron chi connectivity index (χ2n) is 5.07. The summed E-state index contributed by atoms with van der Waals surface area (Å²) in [5.41, 5.74) is 7.56. The van der Waals surface area contributed by atoms with Crippen LogP contribution < -0.4 is 5.73 Å². The molecule has 1 saturated heterocycles. The van der Waals surface area contributed by atoms with Crippen LogP contribution >= 0.6 is 0 Å². The van der Waals surface area contributed by atoms with Gasteiger partial charge < -0.3 is 15.6 Å². The van der Waals surface area contributed by atoms with Crippen molar-refractivity contribution in [3.05, 3.63) is 41.5 Å². The van der Waals surface area contributed by atoms with E-state index in [0.717, 1.165) is 37.2 Å². The Morgan fingerprint density at radius 2 is 2.16 bits per heavy atom. The van der Waals surface area contributed by atoms with E-state index in [1.165, 1.54) is 0 Å². The Balaban J connectivity index is 1.99. The van der Waals surface area contributed by atoms with Crippen molar-refractivity contribution in [2.75, 3.05) is 19.8 Å². The van der Waals surface area contributed by atoms with Crippen LogP contribution in [0.2, 0.25) is 0 Å². The van der Waals surface area contributed by atoms with Crippen LogP contribution in [0.3, 0.4) is 0 Å². The normalized spacial score (nSPS) is 18.8. The molecule has 19 heavy (non-hydrogen) atoms. The van der Waals surface area contributed by atoms with Gasteiger partial charge in [0.05, 0.1) is 6.10 Å². The minimum absolute atomic E-state index is 0.457. The zero-order valence-corrected chi connectivity index (χ0v) is 11.3. The van der Waals surface area contributed by atoms with Gasteiger partial charge >= 0.3 is 0 Å². The highest BCUT2D eigenvalue weighted by molar-refractivity contribution is 5.50. The zero-order valence-electron chi connectivity index (χ0n) is 11.3. The van der Waals surface area contributed by atoms with Gasteiger partial charge in [-0.2, -0.15) is 0 Å². The Hall–Kier alpha value is -1.16. The number of rotatable bonds is 5. The largest absolute Gasteiger partial charge is 0.388 e. The van der Waals surface area contributed by atoms with E-state index in [1.807, 2.05) is 18.2 Å². The van der Waals surface area contributed by atoms with E-state index in [-0.39, 0.29) is 0 Å². The van der Waals surface area contributed by atoms with E-state index < -0.39 is 6.10 Å². The van der Waals surface area contributed by atoms with E-state index >= 15 is 0 Å². The lowest BCUT2D eigenvalue weighted by Gasteiger charge is -2.18. The number of allylic oxidation sites excluding steroid dienone is 1. The first-order chi connectivity index (χ1) is 9.29. The van der Waals surface area contributed by atoms with Gasteiger partial charge in [-0.25, -0.2) is 0 Å². The summed E-state index contributed by atoms with van der Waals surface area (Å²) < 4.78 is 5.35. The van der Waals surface area contributed by atoms with Crippen molar-refractivity contribution >= 4 is 6.08 Å². The lowest BCUT2D eigenvalue weighted by atomic mass is 9.98. The van der Waals surface area contributed by atoms with Crippen molar-refractivity contribution < 1.29 is 9.84 Å². The predicted molar refractivity (Wildman–Crippen MR) is 77.7 cm³/mol. The minimum Gasteiger partial charge on any atom is -0.388 e. The smallest absolute Gasteiger partial charge is 0.0802 e. The molecule has 0 amide bonds. The fourth-order valence-electron chi connectivity index (χ4n) is 2.35. The molecular formula is C16H23NO2. The first kappa shape index (κ1) is 14.3. The van der Waals surface area contributed by atoms with Gasteiger partial charge in [-0.15, -0.1) is 0 Å². The molecule has 3 nitrogen and oxygen atoms in total. The third kappa shape index (κ3) is 4.46. The molecule has 0 saturated carbocycles. The molecule has 1 heterocycles. The fraction of sp³-hybridized carbons (Fsp3) is 0.500. The lowest BCUT2D eigenvalue weighted by Crippen LogP contribution is -2.13. The summed E-state index contributed by atoms with van der Waals surface area (Å²) in [7, 11) is 0. The molecule has 0 radical (unpaired) electrons. The number of aliphatic hydroxyl groups excluding tert-OH is 1. The molecule has 0 aromatic heterocycles. The molecule has 1 aromatic rings.